The first kappa shape index (κ1) is 13.6. The number of phenols is 1. The monoisotopic (exact) mass is 278 g/mol. The van der Waals surface area contributed by atoms with Gasteiger partial charge in [0.25, 0.3) is 0 Å². The number of aromatic hydroxyl groups is 1. The van der Waals surface area contributed by atoms with Crippen LogP contribution in [0, 0.1) is 0 Å². The summed E-state index contributed by atoms with van der Waals surface area (Å²) in [6.07, 6.45) is 4.09. The summed E-state index contributed by atoms with van der Waals surface area (Å²) in [6, 6.07) is 15.9. The maximum absolute atomic E-state index is 9.88. The van der Waals surface area contributed by atoms with Crippen LogP contribution in [0.25, 0.3) is 6.08 Å². The van der Waals surface area contributed by atoms with Crippen molar-refractivity contribution in [3.05, 3.63) is 65.7 Å². The molecule has 3 rings (SSSR count). The molecule has 0 fully saturated rings. The first-order chi connectivity index (χ1) is 10.0. The number of hydrogen-bond acceptors (Lipinski definition) is 1. The number of nitrogens with zero attached hydrogens (tertiary/aromatic N) is 1. The lowest BCUT2D eigenvalue weighted by molar-refractivity contribution is -0.401. The number of rotatable bonds is 2. The minimum absolute atomic E-state index is 0.0355. The Balaban J connectivity index is 2.04. The second-order valence-corrected chi connectivity index (χ2v) is 5.98. The molecule has 2 heteroatoms. The van der Waals surface area contributed by atoms with Crippen molar-refractivity contribution < 1.29 is 9.68 Å². The van der Waals surface area contributed by atoms with Crippen LogP contribution < -0.4 is 0 Å². The molecule has 106 valence electrons. The maximum Gasteiger partial charge on any atom is 0.209 e. The van der Waals surface area contributed by atoms with Gasteiger partial charge in [0, 0.05) is 23.3 Å². The van der Waals surface area contributed by atoms with Crippen LogP contribution >= 0.6 is 0 Å². The number of hydrogen-bond donors (Lipinski definition) is 1. The van der Waals surface area contributed by atoms with Gasteiger partial charge in [-0.05, 0) is 26.0 Å². The zero-order chi connectivity index (χ0) is 15.0. The van der Waals surface area contributed by atoms with E-state index in [0.717, 1.165) is 5.56 Å². The Morgan fingerprint density at radius 1 is 0.952 bits per heavy atom. The molecule has 0 amide bonds. The van der Waals surface area contributed by atoms with Crippen molar-refractivity contribution in [3.63, 3.8) is 0 Å². The molecule has 1 aliphatic rings. The van der Waals surface area contributed by atoms with Crippen molar-refractivity contribution in [2.24, 2.45) is 0 Å². The van der Waals surface area contributed by atoms with E-state index >= 15 is 0 Å². The van der Waals surface area contributed by atoms with E-state index in [4.69, 9.17) is 0 Å². The second-order valence-electron chi connectivity index (χ2n) is 5.98. The van der Waals surface area contributed by atoms with Crippen LogP contribution in [0.4, 0.5) is 5.69 Å². The normalized spacial score (nSPS) is 16.5. The van der Waals surface area contributed by atoms with Gasteiger partial charge < -0.3 is 5.11 Å². The zero-order valence-corrected chi connectivity index (χ0v) is 12.7. The van der Waals surface area contributed by atoms with Crippen LogP contribution in [0.3, 0.4) is 0 Å². The lowest BCUT2D eigenvalue weighted by atomic mass is 9.81. The summed E-state index contributed by atoms with van der Waals surface area (Å²) < 4.78 is 2.23. The minimum atomic E-state index is -0.0355. The number of fused-ring (bicyclic) bond motifs is 1. The van der Waals surface area contributed by atoms with Crippen molar-refractivity contribution in [1.29, 1.82) is 0 Å². The van der Waals surface area contributed by atoms with E-state index in [1.54, 1.807) is 6.07 Å². The van der Waals surface area contributed by atoms with Crippen molar-refractivity contribution in [2.75, 3.05) is 7.05 Å². The lowest BCUT2D eigenvalue weighted by Gasteiger charge is -2.15. The van der Waals surface area contributed by atoms with Gasteiger partial charge in [-0.3, -0.25) is 0 Å². The molecule has 0 saturated carbocycles. The summed E-state index contributed by atoms with van der Waals surface area (Å²) in [4.78, 5) is 0. The van der Waals surface area contributed by atoms with E-state index in [2.05, 4.69) is 55.8 Å². The molecule has 2 aromatic rings. The number of para-hydroxylation sites is 2. The summed E-state index contributed by atoms with van der Waals surface area (Å²) in [5.74, 6) is 0.310. The Bertz CT molecular complexity index is 754. The smallest absolute Gasteiger partial charge is 0.209 e. The standard InChI is InChI=1S/C19H19NO/c1-19(2)15-9-5-6-10-16(15)20(3)18(19)13-12-14-8-4-7-11-17(14)21/h4-13H,1-3H3/p+1. The molecule has 0 saturated heterocycles. The average molecular weight is 278 g/mol. The maximum atomic E-state index is 9.88. The van der Waals surface area contributed by atoms with E-state index in [-0.39, 0.29) is 5.41 Å². The van der Waals surface area contributed by atoms with E-state index in [0.29, 0.717) is 5.75 Å². The molecule has 0 atom stereocenters. The third-order valence-corrected chi connectivity index (χ3v) is 4.30. The van der Waals surface area contributed by atoms with Crippen LogP contribution in [-0.4, -0.2) is 22.4 Å². The lowest BCUT2D eigenvalue weighted by Crippen LogP contribution is -2.26. The molecule has 2 nitrogen and oxygen atoms in total. The third-order valence-electron chi connectivity index (χ3n) is 4.30. The van der Waals surface area contributed by atoms with Crippen molar-refractivity contribution in [3.8, 4) is 5.75 Å². The third kappa shape index (κ3) is 2.17. The van der Waals surface area contributed by atoms with Gasteiger partial charge in [0.2, 0.25) is 5.69 Å². The van der Waals surface area contributed by atoms with Crippen LogP contribution in [0.1, 0.15) is 25.0 Å². The molecule has 21 heavy (non-hydrogen) atoms. The number of benzene rings is 2. The summed E-state index contributed by atoms with van der Waals surface area (Å²) >= 11 is 0. The fourth-order valence-corrected chi connectivity index (χ4v) is 3.10. The number of allylic oxidation sites excluding steroid dienone is 1. The number of phenolic OH excluding ortho intramolecular Hbond substituents is 1. The Morgan fingerprint density at radius 2 is 1.62 bits per heavy atom. The molecule has 0 aromatic heterocycles. The van der Waals surface area contributed by atoms with Crippen molar-refractivity contribution in [1.82, 2.24) is 0 Å². The first-order valence-corrected chi connectivity index (χ1v) is 7.18. The highest BCUT2D eigenvalue weighted by molar-refractivity contribution is 6.05. The molecule has 0 aliphatic carbocycles. The molecular weight excluding hydrogens is 258 g/mol. The van der Waals surface area contributed by atoms with E-state index < -0.39 is 0 Å². The minimum Gasteiger partial charge on any atom is -0.507 e. The van der Waals surface area contributed by atoms with Crippen LogP contribution in [0.2, 0.25) is 0 Å². The molecule has 0 bridgehead atoms. The molecule has 2 aromatic carbocycles. The Labute approximate surface area is 125 Å². The van der Waals surface area contributed by atoms with E-state index in [1.165, 1.54) is 17.0 Å². The molecule has 1 aliphatic heterocycles. The summed E-state index contributed by atoms with van der Waals surface area (Å²) in [5.41, 5.74) is 4.62. The first-order valence-electron chi connectivity index (χ1n) is 7.18. The van der Waals surface area contributed by atoms with Gasteiger partial charge in [-0.1, -0.05) is 36.4 Å². The Hall–Kier alpha value is -2.35. The van der Waals surface area contributed by atoms with Gasteiger partial charge in [-0.2, -0.15) is 4.58 Å². The highest BCUT2D eigenvalue weighted by atomic mass is 16.3. The Kier molecular flexibility index (Phi) is 3.17. The predicted molar refractivity (Wildman–Crippen MR) is 87.5 cm³/mol. The SMILES string of the molecule is C[N+]1=C(C=Cc2ccccc2O)C(C)(C)c2ccccc21. The van der Waals surface area contributed by atoms with Crippen molar-refractivity contribution in [2.45, 2.75) is 19.3 Å². The highest BCUT2D eigenvalue weighted by Crippen LogP contribution is 2.39. The van der Waals surface area contributed by atoms with Crippen LogP contribution in [0.15, 0.2) is 54.6 Å². The van der Waals surface area contributed by atoms with Gasteiger partial charge in [0.15, 0.2) is 5.71 Å². The molecule has 1 N–H and O–H groups in total. The summed E-state index contributed by atoms with van der Waals surface area (Å²) in [6.45, 7) is 4.47. The molecule has 1 heterocycles. The summed E-state index contributed by atoms with van der Waals surface area (Å²) in [7, 11) is 2.10. The fourth-order valence-electron chi connectivity index (χ4n) is 3.10. The van der Waals surface area contributed by atoms with E-state index in [1.807, 2.05) is 24.3 Å². The zero-order valence-electron chi connectivity index (χ0n) is 12.7. The van der Waals surface area contributed by atoms with Gasteiger partial charge in [-0.25, -0.2) is 0 Å². The summed E-state index contributed by atoms with van der Waals surface area (Å²) in [5, 5.41) is 9.88. The predicted octanol–water partition coefficient (Wildman–Crippen LogP) is 4.11. The van der Waals surface area contributed by atoms with Gasteiger partial charge in [0.1, 0.15) is 12.8 Å². The Morgan fingerprint density at radius 3 is 2.33 bits per heavy atom. The molecular formula is C19H20NO+. The highest BCUT2D eigenvalue weighted by Gasteiger charge is 2.42. The average Bonchev–Trinajstić information content (AvgIpc) is 2.67. The largest absolute Gasteiger partial charge is 0.507 e. The van der Waals surface area contributed by atoms with Crippen LogP contribution in [-0.2, 0) is 5.41 Å². The molecule has 0 radical (unpaired) electrons. The molecule has 0 spiro atoms. The van der Waals surface area contributed by atoms with Gasteiger partial charge >= 0.3 is 0 Å². The second kappa shape index (κ2) is 4.88. The topological polar surface area (TPSA) is 23.2 Å². The fraction of sp³-hybridized carbons (Fsp3) is 0.211. The van der Waals surface area contributed by atoms with E-state index in [9.17, 15) is 5.11 Å². The van der Waals surface area contributed by atoms with Gasteiger partial charge in [0.05, 0.1) is 5.41 Å². The quantitative estimate of drug-likeness (QED) is 0.821. The van der Waals surface area contributed by atoms with Crippen LogP contribution in [0.5, 0.6) is 5.75 Å². The molecule has 0 unspecified atom stereocenters. The van der Waals surface area contributed by atoms with Crippen molar-refractivity contribution >= 4 is 17.5 Å². The van der Waals surface area contributed by atoms with Gasteiger partial charge in [-0.15, -0.1) is 0 Å².